The second-order valence-electron chi connectivity index (χ2n) is 4.27. The van der Waals surface area contributed by atoms with Crippen molar-refractivity contribution in [3.05, 3.63) is 22.8 Å². The van der Waals surface area contributed by atoms with Crippen molar-refractivity contribution in [2.45, 2.75) is 43.5 Å². The third kappa shape index (κ3) is 3.36. The largest absolute Gasteiger partial charge is 0.366 e. The van der Waals surface area contributed by atoms with Crippen LogP contribution in [0, 0.1) is 0 Å². The van der Waals surface area contributed by atoms with Crippen molar-refractivity contribution in [3.63, 3.8) is 0 Å². The minimum atomic E-state index is 0.230. The smallest absolute Gasteiger partial charge is 0.126 e. The average Bonchev–Trinajstić information content (AvgIpc) is 2.48. The van der Waals surface area contributed by atoms with Gasteiger partial charge in [-0.05, 0) is 40.9 Å². The van der Waals surface area contributed by atoms with E-state index in [1.54, 1.807) is 0 Å². The first kappa shape index (κ1) is 12.2. The van der Waals surface area contributed by atoms with Crippen LogP contribution in [0.25, 0.3) is 0 Å². The molecule has 88 valence electrons. The number of alkyl halides is 1. The zero-order valence-electron chi connectivity index (χ0n) is 9.13. The number of anilines is 1. The van der Waals surface area contributed by atoms with Gasteiger partial charge in [-0.3, -0.25) is 0 Å². The molecule has 2 atom stereocenters. The first-order valence-corrected chi connectivity index (χ1v) is 7.01. The summed E-state index contributed by atoms with van der Waals surface area (Å²) in [5, 5.41) is 3.66. The van der Waals surface area contributed by atoms with Gasteiger partial charge in [0.1, 0.15) is 5.82 Å². The second kappa shape index (κ2) is 5.87. The van der Waals surface area contributed by atoms with Crippen LogP contribution in [-0.2, 0) is 0 Å². The Morgan fingerprint density at radius 1 is 1.25 bits per heavy atom. The maximum atomic E-state index is 6.37. The molecule has 2 unspecified atom stereocenters. The van der Waals surface area contributed by atoms with Gasteiger partial charge in [0.2, 0.25) is 0 Å². The predicted molar refractivity (Wildman–Crippen MR) is 72.1 cm³/mol. The molecule has 1 fully saturated rings. The molecule has 1 N–H and O–H groups in total. The Morgan fingerprint density at radius 3 is 2.81 bits per heavy atom. The Balaban J connectivity index is 1.99. The van der Waals surface area contributed by atoms with E-state index in [0.29, 0.717) is 6.04 Å². The van der Waals surface area contributed by atoms with E-state index < -0.39 is 0 Å². The van der Waals surface area contributed by atoms with Crippen molar-refractivity contribution in [1.29, 1.82) is 0 Å². The van der Waals surface area contributed by atoms with E-state index in [9.17, 15) is 0 Å². The van der Waals surface area contributed by atoms with Crippen LogP contribution in [0.5, 0.6) is 0 Å². The van der Waals surface area contributed by atoms with Crippen LogP contribution in [0.2, 0.25) is 0 Å². The van der Waals surface area contributed by atoms with Gasteiger partial charge in [-0.25, -0.2) is 4.98 Å². The molecule has 0 saturated heterocycles. The van der Waals surface area contributed by atoms with Gasteiger partial charge in [0, 0.05) is 16.7 Å². The zero-order valence-corrected chi connectivity index (χ0v) is 11.5. The summed E-state index contributed by atoms with van der Waals surface area (Å²) in [6.07, 6.45) is 7.87. The van der Waals surface area contributed by atoms with E-state index in [0.717, 1.165) is 23.1 Å². The zero-order chi connectivity index (χ0) is 11.4. The Hall–Kier alpha value is -0.280. The van der Waals surface area contributed by atoms with Crippen molar-refractivity contribution in [1.82, 2.24) is 4.98 Å². The Bertz CT molecular complexity index is 328. The van der Waals surface area contributed by atoms with E-state index in [-0.39, 0.29) is 5.38 Å². The molecule has 1 saturated carbocycles. The van der Waals surface area contributed by atoms with Crippen LogP contribution < -0.4 is 5.32 Å². The van der Waals surface area contributed by atoms with Gasteiger partial charge in [0.15, 0.2) is 0 Å². The highest BCUT2D eigenvalue weighted by atomic mass is 79.9. The Labute approximate surface area is 110 Å². The molecule has 4 heteroatoms. The van der Waals surface area contributed by atoms with Crippen molar-refractivity contribution in [2.24, 2.45) is 0 Å². The van der Waals surface area contributed by atoms with Crippen LogP contribution in [0.15, 0.2) is 22.8 Å². The monoisotopic (exact) mass is 302 g/mol. The molecular weight excluding hydrogens is 288 g/mol. The summed E-state index contributed by atoms with van der Waals surface area (Å²) < 4.78 is 1.00. The lowest BCUT2D eigenvalue weighted by atomic mass is 10.1. The van der Waals surface area contributed by atoms with E-state index in [1.807, 2.05) is 18.3 Å². The van der Waals surface area contributed by atoms with Crippen LogP contribution in [-0.4, -0.2) is 16.4 Å². The van der Waals surface area contributed by atoms with Gasteiger partial charge in [-0.15, -0.1) is 11.6 Å². The topological polar surface area (TPSA) is 24.9 Å². The fraction of sp³-hybridized carbons (Fsp3) is 0.583. The van der Waals surface area contributed by atoms with Gasteiger partial charge in [-0.1, -0.05) is 19.3 Å². The lowest BCUT2D eigenvalue weighted by Crippen LogP contribution is -2.29. The molecule has 1 aliphatic carbocycles. The summed E-state index contributed by atoms with van der Waals surface area (Å²) in [6.45, 7) is 0. The highest BCUT2D eigenvalue weighted by Crippen LogP contribution is 2.25. The second-order valence-corrected chi connectivity index (χ2v) is 5.74. The molecule has 1 aromatic rings. The van der Waals surface area contributed by atoms with Gasteiger partial charge in [0.05, 0.1) is 5.38 Å². The average molecular weight is 304 g/mol. The molecule has 0 amide bonds. The lowest BCUT2D eigenvalue weighted by molar-refractivity contribution is 0.625. The van der Waals surface area contributed by atoms with Crippen molar-refractivity contribution < 1.29 is 0 Å². The molecule has 0 bridgehead atoms. The molecule has 2 rings (SSSR count). The first-order chi connectivity index (χ1) is 7.75. The first-order valence-electron chi connectivity index (χ1n) is 5.78. The van der Waals surface area contributed by atoms with Crippen LogP contribution >= 0.6 is 27.5 Å². The predicted octanol–water partition coefficient (Wildman–Crippen LogP) is 4.20. The molecule has 1 aromatic heterocycles. The molecule has 16 heavy (non-hydrogen) atoms. The number of nitrogens with zero attached hydrogens (tertiary/aromatic N) is 1. The maximum Gasteiger partial charge on any atom is 0.126 e. The fourth-order valence-corrected chi connectivity index (χ4v) is 2.65. The summed E-state index contributed by atoms with van der Waals surface area (Å²) >= 11 is 9.75. The molecule has 0 aromatic carbocycles. The minimum absolute atomic E-state index is 0.230. The molecule has 1 heterocycles. The van der Waals surface area contributed by atoms with Gasteiger partial charge in [0.25, 0.3) is 0 Å². The molecule has 0 aliphatic heterocycles. The highest BCUT2D eigenvalue weighted by molar-refractivity contribution is 9.10. The molecule has 1 aliphatic rings. The van der Waals surface area contributed by atoms with E-state index in [2.05, 4.69) is 26.2 Å². The van der Waals surface area contributed by atoms with Crippen LogP contribution in [0.4, 0.5) is 5.82 Å². The third-order valence-corrected chi connectivity index (χ3v) is 3.98. The number of aromatic nitrogens is 1. The van der Waals surface area contributed by atoms with Crippen molar-refractivity contribution in [3.8, 4) is 0 Å². The molecule has 0 radical (unpaired) electrons. The number of nitrogens with one attached hydrogen (secondary N) is 1. The lowest BCUT2D eigenvalue weighted by Gasteiger charge is -2.21. The summed E-state index contributed by atoms with van der Waals surface area (Å²) in [5.41, 5.74) is 0. The number of halogens is 2. The number of hydrogen-bond donors (Lipinski definition) is 1. The maximum absolute atomic E-state index is 6.37. The number of hydrogen-bond acceptors (Lipinski definition) is 2. The SMILES string of the molecule is ClC1CCCCCC1Nc1ccc(Br)cn1. The summed E-state index contributed by atoms with van der Waals surface area (Å²) in [4.78, 5) is 4.32. The van der Waals surface area contributed by atoms with E-state index >= 15 is 0 Å². The highest BCUT2D eigenvalue weighted by Gasteiger charge is 2.21. The fourth-order valence-electron chi connectivity index (χ4n) is 2.08. The number of pyridine rings is 1. The van der Waals surface area contributed by atoms with Crippen LogP contribution in [0.3, 0.4) is 0 Å². The third-order valence-electron chi connectivity index (χ3n) is 2.99. The minimum Gasteiger partial charge on any atom is -0.366 e. The molecular formula is C12H16BrClN2. The Kier molecular flexibility index (Phi) is 4.47. The van der Waals surface area contributed by atoms with E-state index in [1.165, 1.54) is 19.3 Å². The summed E-state index contributed by atoms with van der Waals surface area (Å²) in [5.74, 6) is 0.917. The Morgan fingerprint density at radius 2 is 2.06 bits per heavy atom. The van der Waals surface area contributed by atoms with Gasteiger partial charge in [-0.2, -0.15) is 0 Å². The standard InChI is InChI=1S/C12H16BrClN2/c13-9-6-7-12(15-8-9)16-11-5-3-1-2-4-10(11)14/h6-8,10-11H,1-5H2,(H,15,16). The quantitative estimate of drug-likeness (QED) is 0.654. The van der Waals surface area contributed by atoms with E-state index in [4.69, 9.17) is 11.6 Å². The van der Waals surface area contributed by atoms with Crippen molar-refractivity contribution in [2.75, 3.05) is 5.32 Å². The number of rotatable bonds is 2. The summed E-state index contributed by atoms with van der Waals surface area (Å²) in [7, 11) is 0. The summed E-state index contributed by atoms with van der Waals surface area (Å²) in [6, 6.07) is 4.34. The molecule has 2 nitrogen and oxygen atoms in total. The van der Waals surface area contributed by atoms with Gasteiger partial charge >= 0.3 is 0 Å². The molecule has 0 spiro atoms. The normalized spacial score (nSPS) is 26.1. The van der Waals surface area contributed by atoms with Gasteiger partial charge < -0.3 is 5.32 Å². The van der Waals surface area contributed by atoms with Crippen molar-refractivity contribution >= 4 is 33.3 Å². The van der Waals surface area contributed by atoms with Crippen LogP contribution in [0.1, 0.15) is 32.1 Å².